The van der Waals surface area contributed by atoms with Gasteiger partial charge >= 0.3 is 24.2 Å². The van der Waals surface area contributed by atoms with Gasteiger partial charge in [-0.05, 0) is 35.5 Å². The van der Waals surface area contributed by atoms with E-state index in [0.29, 0.717) is 0 Å². The Balaban J connectivity index is 4.15. The van der Waals surface area contributed by atoms with Gasteiger partial charge in [0.25, 0.3) is 0 Å². The van der Waals surface area contributed by atoms with Crippen molar-refractivity contribution in [1.82, 2.24) is 0 Å². The van der Waals surface area contributed by atoms with E-state index < -0.39 is 49.9 Å². The number of allylic oxidation sites excluding steroid dienone is 2. The molecule has 0 spiro atoms. The molecule has 0 rings (SSSR count). The molecule has 25 heavy (non-hydrogen) atoms. The molecule has 0 aliphatic heterocycles. The Bertz CT molecular complexity index is 419. The van der Waals surface area contributed by atoms with Crippen molar-refractivity contribution in [3.8, 4) is 0 Å². The number of hydrogen-bond donors (Lipinski definition) is 0. The van der Waals surface area contributed by atoms with E-state index in [0.717, 1.165) is 11.8 Å². The van der Waals surface area contributed by atoms with Gasteiger partial charge in [0, 0.05) is 12.8 Å². The molecule has 0 atom stereocenters. The molecular weight excluding hydrogens is 390 g/mol. The number of hydrogen-bond acceptors (Lipinski definition) is 1. The summed E-state index contributed by atoms with van der Waals surface area (Å²) < 4.78 is 122. The van der Waals surface area contributed by atoms with Crippen molar-refractivity contribution in [3.63, 3.8) is 0 Å². The van der Waals surface area contributed by atoms with Crippen molar-refractivity contribution in [1.29, 1.82) is 0 Å². The van der Waals surface area contributed by atoms with Crippen molar-refractivity contribution in [2.75, 3.05) is 0 Å². The molecule has 0 saturated heterocycles. The molecule has 0 saturated carbocycles. The summed E-state index contributed by atoms with van der Waals surface area (Å²) >= 11 is 0.775. The second-order valence-electron chi connectivity index (χ2n) is 5.29. The molecule has 0 aromatic carbocycles. The standard InChI is InChI=1S/C14H16F10S/c1-9(5-3-7-11(15,16)13(19,20)21)25-10(2)6-4-8-12(17,18)14(22,23)24/h1-8H2. The normalized spacial score (nSPS) is 13.8. The highest BCUT2D eigenvalue weighted by atomic mass is 32.2. The fourth-order valence-electron chi connectivity index (χ4n) is 1.60. The van der Waals surface area contributed by atoms with E-state index in [4.69, 9.17) is 0 Å². The minimum atomic E-state index is -5.64. The van der Waals surface area contributed by atoms with Gasteiger partial charge in [-0.3, -0.25) is 0 Å². The van der Waals surface area contributed by atoms with Gasteiger partial charge in [-0.25, -0.2) is 0 Å². The Morgan fingerprint density at radius 3 is 1.12 bits per heavy atom. The highest BCUT2D eigenvalue weighted by Crippen LogP contribution is 2.41. The lowest BCUT2D eigenvalue weighted by atomic mass is 10.1. The zero-order chi connectivity index (χ0) is 20.1. The average molecular weight is 406 g/mol. The van der Waals surface area contributed by atoms with Crippen molar-refractivity contribution in [2.24, 2.45) is 0 Å². The van der Waals surface area contributed by atoms with E-state index in [2.05, 4.69) is 13.2 Å². The van der Waals surface area contributed by atoms with E-state index >= 15 is 0 Å². The van der Waals surface area contributed by atoms with Gasteiger partial charge in [0.15, 0.2) is 0 Å². The molecule has 0 unspecified atom stereocenters. The summed E-state index contributed by atoms with van der Waals surface area (Å²) in [5.41, 5.74) is 0. The SMILES string of the molecule is C=C(CCCC(F)(F)C(F)(F)F)SC(=C)CCCC(F)(F)C(F)(F)F. The Morgan fingerprint density at radius 2 is 0.880 bits per heavy atom. The topological polar surface area (TPSA) is 0 Å². The molecule has 0 aromatic heterocycles. The monoisotopic (exact) mass is 406 g/mol. The van der Waals surface area contributed by atoms with Gasteiger partial charge in [0.05, 0.1) is 0 Å². The van der Waals surface area contributed by atoms with E-state index in [-0.39, 0.29) is 22.7 Å². The summed E-state index contributed by atoms with van der Waals surface area (Å²) in [4.78, 5) is 0.344. The smallest absolute Gasteiger partial charge is 0.196 e. The summed E-state index contributed by atoms with van der Waals surface area (Å²) in [5.74, 6) is -9.64. The predicted octanol–water partition coefficient (Wildman–Crippen LogP) is 7.48. The van der Waals surface area contributed by atoms with E-state index in [1.807, 2.05) is 0 Å². The Kier molecular flexibility index (Phi) is 8.38. The fraction of sp³-hybridized carbons (Fsp3) is 0.714. The highest BCUT2D eigenvalue weighted by molar-refractivity contribution is 8.06. The van der Waals surface area contributed by atoms with Crippen LogP contribution >= 0.6 is 11.8 Å². The zero-order valence-corrected chi connectivity index (χ0v) is 13.7. The summed E-state index contributed by atoms with van der Waals surface area (Å²) in [5, 5.41) is 0. The van der Waals surface area contributed by atoms with Crippen molar-refractivity contribution >= 4 is 11.8 Å². The van der Waals surface area contributed by atoms with Crippen LogP contribution in [0.3, 0.4) is 0 Å². The molecule has 0 aromatic rings. The lowest BCUT2D eigenvalue weighted by Crippen LogP contribution is -2.36. The van der Waals surface area contributed by atoms with E-state index in [1.54, 1.807) is 0 Å². The first-order valence-corrected chi connectivity index (χ1v) is 7.74. The number of thioether (sulfide) groups is 1. The second-order valence-corrected chi connectivity index (χ2v) is 6.65. The maximum atomic E-state index is 12.7. The molecule has 148 valence electrons. The first-order chi connectivity index (χ1) is 11.0. The third-order valence-electron chi connectivity index (χ3n) is 3.01. The van der Waals surface area contributed by atoms with Crippen LogP contribution < -0.4 is 0 Å². The molecule has 0 bridgehead atoms. The third-order valence-corrected chi connectivity index (χ3v) is 4.00. The summed E-state index contributed by atoms with van der Waals surface area (Å²) in [7, 11) is 0. The van der Waals surface area contributed by atoms with Gasteiger partial charge in [-0.2, -0.15) is 43.9 Å². The number of alkyl halides is 10. The van der Waals surface area contributed by atoms with Crippen LogP contribution in [-0.2, 0) is 0 Å². The quantitative estimate of drug-likeness (QED) is 0.339. The summed E-state index contributed by atoms with van der Waals surface area (Å²) in [6, 6.07) is 0. The fourth-order valence-corrected chi connectivity index (χ4v) is 2.51. The molecule has 0 radical (unpaired) electrons. The van der Waals surface area contributed by atoms with Crippen LogP contribution in [0.25, 0.3) is 0 Å². The minimum absolute atomic E-state index is 0.172. The van der Waals surface area contributed by atoms with Crippen LogP contribution in [0.4, 0.5) is 43.9 Å². The lowest BCUT2D eigenvalue weighted by molar-refractivity contribution is -0.284. The highest BCUT2D eigenvalue weighted by Gasteiger charge is 2.57. The van der Waals surface area contributed by atoms with Gasteiger partial charge in [0.2, 0.25) is 0 Å². The van der Waals surface area contributed by atoms with E-state index in [9.17, 15) is 43.9 Å². The number of halogens is 10. The van der Waals surface area contributed by atoms with Crippen LogP contribution in [0.15, 0.2) is 23.0 Å². The van der Waals surface area contributed by atoms with Gasteiger partial charge in [0.1, 0.15) is 0 Å². The molecule has 0 nitrogen and oxygen atoms in total. The summed E-state index contributed by atoms with van der Waals surface area (Å²) in [6.07, 6.45) is -15.6. The first-order valence-electron chi connectivity index (χ1n) is 6.92. The molecule has 0 aliphatic rings. The Labute approximate surface area is 142 Å². The van der Waals surface area contributed by atoms with Crippen molar-refractivity contribution < 1.29 is 43.9 Å². The van der Waals surface area contributed by atoms with Gasteiger partial charge in [-0.15, -0.1) is 11.8 Å². The Morgan fingerprint density at radius 1 is 0.600 bits per heavy atom. The minimum Gasteiger partial charge on any atom is -0.196 e. The maximum absolute atomic E-state index is 12.7. The Hall–Kier alpha value is -0.870. The lowest BCUT2D eigenvalue weighted by Gasteiger charge is -2.20. The summed E-state index contributed by atoms with van der Waals surface area (Å²) in [6.45, 7) is 6.84. The molecule has 0 fully saturated rings. The average Bonchev–Trinajstić information content (AvgIpc) is 2.35. The number of rotatable bonds is 10. The predicted molar refractivity (Wildman–Crippen MR) is 75.6 cm³/mol. The molecule has 0 N–H and O–H groups in total. The second kappa shape index (κ2) is 8.68. The van der Waals surface area contributed by atoms with Crippen molar-refractivity contribution in [3.05, 3.63) is 23.0 Å². The van der Waals surface area contributed by atoms with Crippen LogP contribution in [0.2, 0.25) is 0 Å². The first kappa shape index (κ1) is 24.1. The third kappa shape index (κ3) is 8.37. The zero-order valence-electron chi connectivity index (χ0n) is 12.8. The molecule has 0 aliphatic carbocycles. The largest absolute Gasteiger partial charge is 0.453 e. The van der Waals surface area contributed by atoms with Gasteiger partial charge in [-0.1, -0.05) is 13.2 Å². The van der Waals surface area contributed by atoms with Gasteiger partial charge < -0.3 is 0 Å². The molecular formula is C14H16F10S. The van der Waals surface area contributed by atoms with E-state index in [1.165, 1.54) is 0 Å². The van der Waals surface area contributed by atoms with Crippen molar-refractivity contribution in [2.45, 2.75) is 62.7 Å². The molecule has 11 heteroatoms. The van der Waals surface area contributed by atoms with Crippen LogP contribution in [0.5, 0.6) is 0 Å². The maximum Gasteiger partial charge on any atom is 0.453 e. The van der Waals surface area contributed by atoms with Crippen LogP contribution in [-0.4, -0.2) is 24.2 Å². The molecule has 0 amide bonds. The van der Waals surface area contributed by atoms with Crippen LogP contribution in [0.1, 0.15) is 38.5 Å². The van der Waals surface area contributed by atoms with Crippen LogP contribution in [0, 0.1) is 0 Å². The molecule has 0 heterocycles.